The minimum atomic E-state index is -0.267. The molecule has 1 saturated carbocycles. The zero-order chi connectivity index (χ0) is 16.5. The van der Waals surface area contributed by atoms with Crippen LogP contribution in [0.5, 0.6) is 0 Å². The molecule has 1 N–H and O–H groups in total. The van der Waals surface area contributed by atoms with Crippen LogP contribution < -0.4 is 5.32 Å². The molecular weight excluding hydrogens is 306 g/mol. The normalized spacial score (nSPS) is 15.2. The third-order valence-corrected chi connectivity index (χ3v) is 4.03. The van der Waals surface area contributed by atoms with Gasteiger partial charge < -0.3 is 5.32 Å². The van der Waals surface area contributed by atoms with Gasteiger partial charge in [0.15, 0.2) is 5.69 Å². The third kappa shape index (κ3) is 2.90. The molecule has 3 aromatic heterocycles. The lowest BCUT2D eigenvalue weighted by Gasteiger charge is -2.10. The first kappa shape index (κ1) is 14.6. The second-order valence-corrected chi connectivity index (χ2v) is 5.94. The zero-order valence-electron chi connectivity index (χ0n) is 13.2. The minimum absolute atomic E-state index is 0.145. The first-order chi connectivity index (χ1) is 11.7. The van der Waals surface area contributed by atoms with Gasteiger partial charge in [0.25, 0.3) is 5.91 Å². The van der Waals surface area contributed by atoms with Crippen molar-refractivity contribution in [1.29, 1.82) is 0 Å². The average Bonchev–Trinajstić information content (AvgIpc) is 3.14. The van der Waals surface area contributed by atoms with Crippen molar-refractivity contribution in [2.45, 2.75) is 31.8 Å². The molecule has 0 aliphatic heterocycles. The van der Waals surface area contributed by atoms with Gasteiger partial charge in [-0.2, -0.15) is 5.10 Å². The average molecular weight is 323 g/mol. The van der Waals surface area contributed by atoms with Gasteiger partial charge in [-0.1, -0.05) is 5.21 Å². The van der Waals surface area contributed by atoms with E-state index in [1.54, 1.807) is 30.9 Å². The Morgan fingerprint density at radius 2 is 2.21 bits per heavy atom. The van der Waals surface area contributed by atoms with Crippen LogP contribution in [0.1, 0.15) is 47.9 Å². The Morgan fingerprint density at radius 1 is 1.33 bits per heavy atom. The molecule has 0 radical (unpaired) electrons. The molecule has 1 aliphatic rings. The maximum atomic E-state index is 12.4. The van der Waals surface area contributed by atoms with Crippen LogP contribution in [0.4, 0.5) is 0 Å². The lowest BCUT2D eigenvalue weighted by atomic mass is 10.2. The smallest absolute Gasteiger partial charge is 0.273 e. The van der Waals surface area contributed by atoms with Crippen LogP contribution in [0.2, 0.25) is 0 Å². The van der Waals surface area contributed by atoms with Gasteiger partial charge in [-0.25, -0.2) is 4.68 Å². The van der Waals surface area contributed by atoms with E-state index in [9.17, 15) is 4.79 Å². The van der Waals surface area contributed by atoms with Crippen molar-refractivity contribution in [2.24, 2.45) is 0 Å². The molecule has 1 fully saturated rings. The topological polar surface area (TPSA) is 90.5 Å². The maximum absolute atomic E-state index is 12.4. The second-order valence-electron chi connectivity index (χ2n) is 5.94. The maximum Gasteiger partial charge on any atom is 0.273 e. The number of rotatable bonds is 5. The SMILES string of the molecule is CC(NC(=O)c1cn(-c2cccnc2)nn1)c1cnn(C2CC2)c1. The highest BCUT2D eigenvalue weighted by Gasteiger charge is 2.25. The van der Waals surface area contributed by atoms with Gasteiger partial charge in [-0.15, -0.1) is 5.10 Å². The zero-order valence-corrected chi connectivity index (χ0v) is 13.2. The molecule has 0 spiro atoms. The number of nitrogens with one attached hydrogen (secondary N) is 1. The minimum Gasteiger partial charge on any atom is -0.344 e. The Kier molecular flexibility index (Phi) is 3.56. The predicted molar refractivity (Wildman–Crippen MR) is 85.5 cm³/mol. The van der Waals surface area contributed by atoms with E-state index in [2.05, 4.69) is 25.7 Å². The van der Waals surface area contributed by atoms with Gasteiger partial charge in [0.05, 0.1) is 36.4 Å². The monoisotopic (exact) mass is 323 g/mol. The lowest BCUT2D eigenvalue weighted by molar-refractivity contribution is 0.0934. The number of aromatic nitrogens is 6. The molecule has 122 valence electrons. The van der Waals surface area contributed by atoms with Crippen molar-refractivity contribution in [2.75, 3.05) is 0 Å². The van der Waals surface area contributed by atoms with Crippen molar-refractivity contribution in [3.8, 4) is 5.69 Å². The lowest BCUT2D eigenvalue weighted by Crippen LogP contribution is -2.26. The molecule has 3 heterocycles. The number of pyridine rings is 1. The quantitative estimate of drug-likeness (QED) is 0.771. The molecule has 1 atom stereocenters. The van der Waals surface area contributed by atoms with Crippen molar-refractivity contribution < 1.29 is 4.79 Å². The van der Waals surface area contributed by atoms with Gasteiger partial charge in [-0.05, 0) is 31.9 Å². The Morgan fingerprint density at radius 3 is 2.96 bits per heavy atom. The molecule has 0 aromatic carbocycles. The molecule has 1 unspecified atom stereocenters. The van der Waals surface area contributed by atoms with Gasteiger partial charge in [0, 0.05) is 18.0 Å². The van der Waals surface area contributed by atoms with E-state index in [0.29, 0.717) is 6.04 Å². The molecule has 0 saturated heterocycles. The van der Waals surface area contributed by atoms with Crippen LogP contribution in [0.15, 0.2) is 43.1 Å². The molecule has 1 aliphatic carbocycles. The Balaban J connectivity index is 1.44. The molecule has 8 nitrogen and oxygen atoms in total. The first-order valence-electron chi connectivity index (χ1n) is 7.88. The molecule has 24 heavy (non-hydrogen) atoms. The number of hydrogen-bond donors (Lipinski definition) is 1. The summed E-state index contributed by atoms with van der Waals surface area (Å²) >= 11 is 0. The molecule has 0 bridgehead atoms. The van der Waals surface area contributed by atoms with E-state index in [-0.39, 0.29) is 17.6 Å². The van der Waals surface area contributed by atoms with Crippen LogP contribution in [-0.2, 0) is 0 Å². The molecular formula is C16H17N7O. The van der Waals surface area contributed by atoms with Crippen LogP contribution >= 0.6 is 0 Å². The van der Waals surface area contributed by atoms with E-state index in [4.69, 9.17) is 0 Å². The van der Waals surface area contributed by atoms with Crippen molar-refractivity contribution in [1.82, 2.24) is 35.1 Å². The summed E-state index contributed by atoms with van der Waals surface area (Å²) in [6.07, 6.45) is 11.1. The summed E-state index contributed by atoms with van der Waals surface area (Å²) < 4.78 is 3.49. The standard InChI is InChI=1S/C16H17N7O/c1-11(12-7-18-22(9-12)13-4-5-13)19-16(24)15-10-23(21-20-15)14-3-2-6-17-8-14/h2-3,6-11,13H,4-5H2,1H3,(H,19,24). The summed E-state index contributed by atoms with van der Waals surface area (Å²) in [7, 11) is 0. The molecule has 1 amide bonds. The summed E-state index contributed by atoms with van der Waals surface area (Å²) in [6, 6.07) is 4.03. The highest BCUT2D eigenvalue weighted by Crippen LogP contribution is 2.34. The summed E-state index contributed by atoms with van der Waals surface area (Å²) in [4.78, 5) is 16.4. The van der Waals surface area contributed by atoms with Crippen LogP contribution in [-0.4, -0.2) is 35.7 Å². The Labute approximate surface area is 138 Å². The van der Waals surface area contributed by atoms with E-state index in [1.165, 1.54) is 17.5 Å². The number of amides is 1. The summed E-state index contributed by atoms with van der Waals surface area (Å²) in [5, 5.41) is 15.2. The van der Waals surface area contributed by atoms with Gasteiger partial charge in [-0.3, -0.25) is 14.5 Å². The Hall–Kier alpha value is -3.03. The highest BCUT2D eigenvalue weighted by atomic mass is 16.2. The largest absolute Gasteiger partial charge is 0.344 e. The van der Waals surface area contributed by atoms with Crippen LogP contribution in [0, 0.1) is 0 Å². The van der Waals surface area contributed by atoms with Gasteiger partial charge in [0.2, 0.25) is 0 Å². The first-order valence-corrected chi connectivity index (χ1v) is 7.88. The Bertz CT molecular complexity index is 850. The molecule has 3 aromatic rings. The van der Waals surface area contributed by atoms with E-state index < -0.39 is 0 Å². The van der Waals surface area contributed by atoms with E-state index in [0.717, 1.165) is 11.3 Å². The molecule has 4 rings (SSSR count). The predicted octanol–water partition coefficient (Wildman–Crippen LogP) is 1.68. The fourth-order valence-electron chi connectivity index (χ4n) is 2.45. The van der Waals surface area contributed by atoms with E-state index in [1.807, 2.05) is 23.9 Å². The second kappa shape index (κ2) is 5.88. The number of carbonyl (C=O) groups is 1. The fourth-order valence-corrected chi connectivity index (χ4v) is 2.45. The number of nitrogens with zero attached hydrogens (tertiary/aromatic N) is 6. The van der Waals surface area contributed by atoms with Crippen molar-refractivity contribution in [3.63, 3.8) is 0 Å². The third-order valence-electron chi connectivity index (χ3n) is 4.03. The highest BCUT2D eigenvalue weighted by molar-refractivity contribution is 5.92. The van der Waals surface area contributed by atoms with Crippen molar-refractivity contribution in [3.05, 3.63) is 54.4 Å². The van der Waals surface area contributed by atoms with Gasteiger partial charge in [0.1, 0.15) is 0 Å². The van der Waals surface area contributed by atoms with Crippen molar-refractivity contribution >= 4 is 5.91 Å². The number of carbonyl (C=O) groups excluding carboxylic acids is 1. The van der Waals surface area contributed by atoms with E-state index >= 15 is 0 Å². The summed E-state index contributed by atoms with van der Waals surface area (Å²) in [5.74, 6) is -0.267. The summed E-state index contributed by atoms with van der Waals surface area (Å²) in [5.41, 5.74) is 2.00. The summed E-state index contributed by atoms with van der Waals surface area (Å²) in [6.45, 7) is 1.93. The van der Waals surface area contributed by atoms with Crippen LogP contribution in [0.3, 0.4) is 0 Å². The van der Waals surface area contributed by atoms with Crippen LogP contribution in [0.25, 0.3) is 5.69 Å². The molecule has 8 heteroatoms. The number of hydrogen-bond acceptors (Lipinski definition) is 5. The fraction of sp³-hybridized carbons (Fsp3) is 0.312. The van der Waals surface area contributed by atoms with Gasteiger partial charge >= 0.3 is 0 Å².